The van der Waals surface area contributed by atoms with Gasteiger partial charge >= 0.3 is 5.69 Å². The Morgan fingerprint density at radius 1 is 1.13 bits per heavy atom. The normalized spacial score (nSPS) is 12.1. The van der Waals surface area contributed by atoms with Gasteiger partial charge in [-0.15, -0.1) is 0 Å². The first-order chi connectivity index (χ1) is 11.1. The lowest BCUT2D eigenvalue weighted by Crippen LogP contribution is -2.09. The topological polar surface area (TPSA) is 68.1 Å². The quantitative estimate of drug-likeness (QED) is 0.417. The predicted octanol–water partition coefficient (Wildman–Crippen LogP) is 4.97. The van der Waals surface area contributed by atoms with E-state index >= 15 is 0 Å². The van der Waals surface area contributed by atoms with Crippen molar-refractivity contribution in [2.75, 3.05) is 5.32 Å². The van der Waals surface area contributed by atoms with E-state index in [9.17, 15) is 10.1 Å². The van der Waals surface area contributed by atoms with Crippen LogP contribution in [0.15, 0.2) is 54.6 Å². The second-order valence-electron chi connectivity index (χ2n) is 5.18. The lowest BCUT2D eigenvalue weighted by molar-refractivity contribution is -0.384. The van der Waals surface area contributed by atoms with Crippen molar-refractivity contribution in [1.29, 1.82) is 0 Å². The Labute approximate surface area is 138 Å². The molecule has 1 heterocycles. The zero-order chi connectivity index (χ0) is 16.4. The first-order valence-electron chi connectivity index (χ1n) is 7.12. The molecule has 3 rings (SSSR count). The molecule has 0 aliphatic rings. The summed E-state index contributed by atoms with van der Waals surface area (Å²) in [6, 6.07) is 16.8. The predicted molar refractivity (Wildman–Crippen MR) is 91.9 cm³/mol. The molecular formula is C17H14ClN3O2. The lowest BCUT2D eigenvalue weighted by atomic mass is 10.1. The van der Waals surface area contributed by atoms with E-state index in [2.05, 4.69) is 10.3 Å². The van der Waals surface area contributed by atoms with Crippen molar-refractivity contribution in [2.24, 2.45) is 0 Å². The number of nitrogens with one attached hydrogen (secondary N) is 1. The van der Waals surface area contributed by atoms with Crippen molar-refractivity contribution in [1.82, 2.24) is 4.98 Å². The number of nitrogens with zero attached hydrogens (tertiary/aromatic N) is 2. The minimum atomic E-state index is -0.498. The number of hydrogen-bond donors (Lipinski definition) is 1. The van der Waals surface area contributed by atoms with Crippen molar-refractivity contribution in [3.05, 3.63) is 75.4 Å². The van der Waals surface area contributed by atoms with Crippen LogP contribution >= 0.6 is 11.6 Å². The zero-order valence-corrected chi connectivity index (χ0v) is 13.1. The van der Waals surface area contributed by atoms with Gasteiger partial charge < -0.3 is 5.32 Å². The fraction of sp³-hybridized carbons (Fsp3) is 0.118. The minimum absolute atomic E-state index is 0.114. The highest BCUT2D eigenvalue weighted by Gasteiger charge is 2.24. The fourth-order valence-electron chi connectivity index (χ4n) is 2.53. The summed E-state index contributed by atoms with van der Waals surface area (Å²) in [5, 5.41) is 15.2. The Morgan fingerprint density at radius 3 is 2.48 bits per heavy atom. The molecular weight excluding hydrogens is 314 g/mol. The van der Waals surface area contributed by atoms with E-state index in [1.54, 1.807) is 12.1 Å². The summed E-state index contributed by atoms with van der Waals surface area (Å²) < 4.78 is 0. The molecule has 0 unspecified atom stereocenters. The third kappa shape index (κ3) is 2.96. The summed E-state index contributed by atoms with van der Waals surface area (Å²) in [6.45, 7) is 1.95. The largest absolute Gasteiger partial charge is 0.372 e. The van der Waals surface area contributed by atoms with Gasteiger partial charge in [-0.1, -0.05) is 60.1 Å². The maximum absolute atomic E-state index is 11.4. The number of aromatic nitrogens is 1. The van der Waals surface area contributed by atoms with E-state index in [4.69, 9.17) is 11.6 Å². The molecule has 0 amide bonds. The summed E-state index contributed by atoms with van der Waals surface area (Å²) in [7, 11) is 0. The van der Waals surface area contributed by atoms with Crippen molar-refractivity contribution >= 4 is 33.9 Å². The Bertz CT molecular complexity index is 868. The SMILES string of the molecule is C[C@@H](Nc1c([N+](=O)[O-])c(Cl)nc2ccccc12)c1ccccc1. The molecule has 0 aliphatic carbocycles. The molecule has 0 saturated carbocycles. The van der Waals surface area contributed by atoms with E-state index in [0.717, 1.165) is 5.56 Å². The molecule has 0 radical (unpaired) electrons. The van der Waals surface area contributed by atoms with Crippen LogP contribution in [-0.4, -0.2) is 9.91 Å². The Balaban J connectivity index is 2.14. The van der Waals surface area contributed by atoms with Gasteiger partial charge in [-0.3, -0.25) is 10.1 Å². The zero-order valence-electron chi connectivity index (χ0n) is 12.4. The second kappa shape index (κ2) is 6.22. The van der Waals surface area contributed by atoms with Crippen LogP contribution in [0.1, 0.15) is 18.5 Å². The number of hydrogen-bond acceptors (Lipinski definition) is 4. The van der Waals surface area contributed by atoms with Crippen LogP contribution in [0.3, 0.4) is 0 Å². The van der Waals surface area contributed by atoms with Crippen LogP contribution in [0, 0.1) is 10.1 Å². The van der Waals surface area contributed by atoms with Gasteiger partial charge in [0.05, 0.1) is 10.4 Å². The minimum Gasteiger partial charge on any atom is -0.372 e. The van der Waals surface area contributed by atoms with Gasteiger partial charge in [0, 0.05) is 11.4 Å². The monoisotopic (exact) mass is 327 g/mol. The second-order valence-corrected chi connectivity index (χ2v) is 5.54. The third-order valence-corrected chi connectivity index (χ3v) is 3.93. The van der Waals surface area contributed by atoms with Crippen LogP contribution in [0.25, 0.3) is 10.9 Å². The van der Waals surface area contributed by atoms with Crippen LogP contribution in [0.4, 0.5) is 11.4 Å². The average Bonchev–Trinajstić information content (AvgIpc) is 2.55. The molecule has 3 aromatic rings. The molecule has 6 heteroatoms. The number of pyridine rings is 1. The number of anilines is 1. The summed E-state index contributed by atoms with van der Waals surface area (Å²) in [6.07, 6.45) is 0. The molecule has 23 heavy (non-hydrogen) atoms. The van der Waals surface area contributed by atoms with Gasteiger partial charge in [-0.25, -0.2) is 4.98 Å². The number of rotatable bonds is 4. The molecule has 0 spiro atoms. The lowest BCUT2D eigenvalue weighted by Gasteiger charge is -2.17. The first-order valence-corrected chi connectivity index (χ1v) is 7.50. The van der Waals surface area contributed by atoms with E-state index < -0.39 is 4.92 Å². The highest BCUT2D eigenvalue weighted by molar-refractivity contribution is 6.33. The molecule has 1 atom stereocenters. The van der Waals surface area contributed by atoms with Crippen molar-refractivity contribution < 1.29 is 4.92 Å². The Morgan fingerprint density at radius 2 is 1.78 bits per heavy atom. The molecule has 2 aromatic carbocycles. The van der Waals surface area contributed by atoms with Crippen molar-refractivity contribution in [3.63, 3.8) is 0 Å². The number of halogens is 1. The van der Waals surface area contributed by atoms with Gasteiger partial charge in [0.2, 0.25) is 5.15 Å². The fourth-order valence-corrected chi connectivity index (χ4v) is 2.78. The Hall–Kier alpha value is -2.66. The molecule has 1 N–H and O–H groups in total. The number of para-hydroxylation sites is 1. The molecule has 0 fully saturated rings. The summed E-state index contributed by atoms with van der Waals surface area (Å²) in [5.74, 6) is 0. The van der Waals surface area contributed by atoms with Crippen molar-refractivity contribution in [2.45, 2.75) is 13.0 Å². The summed E-state index contributed by atoms with van der Waals surface area (Å²) in [4.78, 5) is 15.1. The standard InChI is InChI=1S/C17H14ClN3O2/c1-11(12-7-3-2-4-8-12)19-15-13-9-5-6-10-14(13)20-17(18)16(15)21(22)23/h2-11H,1H3,(H,19,20)/t11-/m1/s1. The van der Waals surface area contributed by atoms with Gasteiger partial charge in [-0.05, 0) is 18.6 Å². The number of fused-ring (bicyclic) bond motifs is 1. The highest BCUT2D eigenvalue weighted by atomic mass is 35.5. The highest BCUT2D eigenvalue weighted by Crippen LogP contribution is 2.39. The van der Waals surface area contributed by atoms with Crippen LogP contribution < -0.4 is 5.32 Å². The maximum Gasteiger partial charge on any atom is 0.329 e. The summed E-state index contributed by atoms with van der Waals surface area (Å²) in [5.41, 5.74) is 1.83. The van der Waals surface area contributed by atoms with E-state index in [0.29, 0.717) is 16.6 Å². The number of benzene rings is 2. The molecule has 5 nitrogen and oxygen atoms in total. The van der Waals surface area contributed by atoms with Crippen LogP contribution in [0.5, 0.6) is 0 Å². The van der Waals surface area contributed by atoms with Gasteiger partial charge in [0.1, 0.15) is 5.69 Å². The van der Waals surface area contributed by atoms with Gasteiger partial charge in [0.25, 0.3) is 0 Å². The van der Waals surface area contributed by atoms with E-state index in [1.807, 2.05) is 49.4 Å². The number of nitro groups is 1. The van der Waals surface area contributed by atoms with Gasteiger partial charge in [0.15, 0.2) is 0 Å². The van der Waals surface area contributed by atoms with Crippen molar-refractivity contribution in [3.8, 4) is 0 Å². The molecule has 0 saturated heterocycles. The maximum atomic E-state index is 11.4. The third-order valence-electron chi connectivity index (χ3n) is 3.67. The van der Waals surface area contributed by atoms with Crippen LogP contribution in [0.2, 0.25) is 5.15 Å². The Kier molecular flexibility index (Phi) is 4.12. The molecule has 0 bridgehead atoms. The first kappa shape index (κ1) is 15.2. The molecule has 0 aliphatic heterocycles. The summed E-state index contributed by atoms with van der Waals surface area (Å²) >= 11 is 6.04. The molecule has 116 valence electrons. The van der Waals surface area contributed by atoms with E-state index in [-0.39, 0.29) is 16.9 Å². The van der Waals surface area contributed by atoms with E-state index in [1.165, 1.54) is 0 Å². The molecule has 1 aromatic heterocycles. The smallest absolute Gasteiger partial charge is 0.329 e. The van der Waals surface area contributed by atoms with Gasteiger partial charge in [-0.2, -0.15) is 0 Å². The van der Waals surface area contributed by atoms with Crippen LogP contribution in [-0.2, 0) is 0 Å². The average molecular weight is 328 g/mol.